The van der Waals surface area contributed by atoms with Gasteiger partial charge < -0.3 is 15.8 Å². The molecule has 0 spiro atoms. The first-order valence-electron chi connectivity index (χ1n) is 7.04. The van der Waals surface area contributed by atoms with Crippen molar-refractivity contribution >= 4 is 12.2 Å². The summed E-state index contributed by atoms with van der Waals surface area (Å²) in [5, 5.41) is 7.63. The summed E-state index contributed by atoms with van der Waals surface area (Å²) in [6.07, 6.45) is 7.23. The molecule has 1 aromatic rings. The summed E-state index contributed by atoms with van der Waals surface area (Å²) in [6, 6.07) is 0.535. The predicted molar refractivity (Wildman–Crippen MR) is 79.3 cm³/mol. The highest BCUT2D eigenvalue weighted by Crippen LogP contribution is 2.19. The number of ether oxygens (including phenoxy) is 1. The standard InChI is InChI=1S/C9H16N4.C5H10O2/c10-8-6-12-13(7-8)9-2-1-4-11-5-3-9;1-5(2,3)7-4-6/h6-7,9,11H,1-5,10H2;4H,1-3H3. The van der Waals surface area contributed by atoms with Crippen LogP contribution in [0, 0.1) is 0 Å². The van der Waals surface area contributed by atoms with E-state index < -0.39 is 0 Å². The van der Waals surface area contributed by atoms with E-state index in [1.807, 2.05) is 31.6 Å². The Morgan fingerprint density at radius 3 is 2.70 bits per heavy atom. The molecule has 1 aliphatic rings. The summed E-state index contributed by atoms with van der Waals surface area (Å²) in [6.45, 7) is 8.14. The number of nitrogens with two attached hydrogens (primary N) is 1. The maximum absolute atomic E-state index is 9.60. The lowest BCUT2D eigenvalue weighted by atomic mass is 10.1. The monoisotopic (exact) mass is 282 g/mol. The van der Waals surface area contributed by atoms with E-state index in [1.54, 1.807) is 6.20 Å². The Morgan fingerprint density at radius 2 is 2.20 bits per heavy atom. The lowest BCUT2D eigenvalue weighted by Crippen LogP contribution is -2.17. The van der Waals surface area contributed by atoms with Crippen molar-refractivity contribution in [1.82, 2.24) is 15.1 Å². The maximum atomic E-state index is 9.60. The number of aromatic nitrogens is 2. The zero-order valence-corrected chi connectivity index (χ0v) is 12.6. The van der Waals surface area contributed by atoms with Gasteiger partial charge in [0.1, 0.15) is 5.60 Å². The molecule has 6 nitrogen and oxygen atoms in total. The summed E-state index contributed by atoms with van der Waals surface area (Å²) in [5.41, 5.74) is 6.07. The van der Waals surface area contributed by atoms with Crippen LogP contribution in [-0.2, 0) is 9.53 Å². The van der Waals surface area contributed by atoms with Crippen molar-refractivity contribution in [3.8, 4) is 0 Å². The van der Waals surface area contributed by atoms with E-state index in [4.69, 9.17) is 5.73 Å². The first-order chi connectivity index (χ1) is 9.42. The van der Waals surface area contributed by atoms with E-state index in [2.05, 4.69) is 15.2 Å². The molecule has 0 aromatic carbocycles. The summed E-state index contributed by atoms with van der Waals surface area (Å²) in [5.74, 6) is 0. The first kappa shape index (κ1) is 16.5. The van der Waals surface area contributed by atoms with Gasteiger partial charge in [-0.05, 0) is 53.1 Å². The van der Waals surface area contributed by atoms with Crippen molar-refractivity contribution in [3.63, 3.8) is 0 Å². The number of carbonyl (C=O) groups is 1. The summed E-state index contributed by atoms with van der Waals surface area (Å²) in [7, 11) is 0. The SMILES string of the molecule is CC(C)(C)OC=O.Nc1cnn(C2CCCNCC2)c1. The van der Waals surface area contributed by atoms with E-state index in [0.29, 0.717) is 12.5 Å². The van der Waals surface area contributed by atoms with Gasteiger partial charge in [0.25, 0.3) is 6.47 Å². The van der Waals surface area contributed by atoms with E-state index in [1.165, 1.54) is 12.8 Å². The molecule has 0 radical (unpaired) electrons. The predicted octanol–water partition coefficient (Wildman–Crippen LogP) is 1.74. The van der Waals surface area contributed by atoms with Crippen LogP contribution in [0.1, 0.15) is 46.1 Å². The Balaban J connectivity index is 0.000000246. The average Bonchev–Trinajstić information content (AvgIpc) is 2.63. The van der Waals surface area contributed by atoms with Crippen LogP contribution in [-0.4, -0.2) is 34.9 Å². The van der Waals surface area contributed by atoms with E-state index in [0.717, 1.165) is 25.2 Å². The molecule has 1 aliphatic heterocycles. The molecule has 0 amide bonds. The average molecular weight is 282 g/mol. The fourth-order valence-corrected chi connectivity index (χ4v) is 1.96. The van der Waals surface area contributed by atoms with Crippen molar-refractivity contribution in [2.24, 2.45) is 0 Å². The van der Waals surface area contributed by atoms with Gasteiger partial charge in [-0.15, -0.1) is 0 Å². The zero-order valence-electron chi connectivity index (χ0n) is 12.6. The lowest BCUT2D eigenvalue weighted by molar-refractivity contribution is -0.138. The molecule has 1 atom stereocenters. The Labute approximate surface area is 120 Å². The van der Waals surface area contributed by atoms with Crippen molar-refractivity contribution in [2.75, 3.05) is 18.8 Å². The molecule has 1 aromatic heterocycles. The maximum Gasteiger partial charge on any atom is 0.293 e. The van der Waals surface area contributed by atoms with Crippen LogP contribution < -0.4 is 11.1 Å². The molecule has 2 heterocycles. The smallest absolute Gasteiger partial charge is 0.293 e. The highest BCUT2D eigenvalue weighted by molar-refractivity contribution is 5.37. The number of nitrogens with one attached hydrogen (secondary N) is 1. The fourth-order valence-electron chi connectivity index (χ4n) is 1.96. The van der Waals surface area contributed by atoms with Gasteiger partial charge in [0, 0.05) is 6.20 Å². The van der Waals surface area contributed by atoms with Gasteiger partial charge in [0.15, 0.2) is 0 Å². The number of hydrogen-bond acceptors (Lipinski definition) is 5. The molecule has 0 aliphatic carbocycles. The molecular weight excluding hydrogens is 256 g/mol. The largest absolute Gasteiger partial charge is 0.462 e. The third-order valence-electron chi connectivity index (χ3n) is 2.94. The Morgan fingerprint density at radius 1 is 1.45 bits per heavy atom. The van der Waals surface area contributed by atoms with Crippen LogP contribution in [0.2, 0.25) is 0 Å². The van der Waals surface area contributed by atoms with Gasteiger partial charge in [-0.25, -0.2) is 0 Å². The third kappa shape index (κ3) is 6.56. The molecule has 1 unspecified atom stereocenters. The Bertz CT molecular complexity index is 390. The number of anilines is 1. The topological polar surface area (TPSA) is 82.2 Å². The Kier molecular flexibility index (Phi) is 6.51. The van der Waals surface area contributed by atoms with Crippen molar-refractivity contribution < 1.29 is 9.53 Å². The second kappa shape index (κ2) is 7.89. The molecule has 1 saturated heterocycles. The fraction of sp³-hybridized carbons (Fsp3) is 0.714. The molecule has 3 N–H and O–H groups in total. The van der Waals surface area contributed by atoms with Crippen LogP contribution in [0.3, 0.4) is 0 Å². The third-order valence-corrected chi connectivity index (χ3v) is 2.94. The van der Waals surface area contributed by atoms with E-state index in [9.17, 15) is 4.79 Å². The van der Waals surface area contributed by atoms with E-state index in [-0.39, 0.29) is 5.60 Å². The zero-order chi connectivity index (χ0) is 15.0. The molecule has 0 saturated carbocycles. The molecule has 1 fully saturated rings. The number of hydrogen-bond donors (Lipinski definition) is 2. The van der Waals surface area contributed by atoms with Gasteiger partial charge in [0.2, 0.25) is 0 Å². The van der Waals surface area contributed by atoms with E-state index >= 15 is 0 Å². The minimum atomic E-state index is -0.318. The second-order valence-electron chi connectivity index (χ2n) is 5.91. The molecule has 6 heteroatoms. The summed E-state index contributed by atoms with van der Waals surface area (Å²) in [4.78, 5) is 9.60. The highest BCUT2D eigenvalue weighted by Gasteiger charge is 2.13. The summed E-state index contributed by atoms with van der Waals surface area (Å²) >= 11 is 0. The molecule has 0 bridgehead atoms. The van der Waals surface area contributed by atoms with Crippen molar-refractivity contribution in [1.29, 1.82) is 0 Å². The first-order valence-corrected chi connectivity index (χ1v) is 7.04. The van der Waals surface area contributed by atoms with Crippen LogP contribution in [0.5, 0.6) is 0 Å². The highest BCUT2D eigenvalue weighted by atomic mass is 16.5. The quantitative estimate of drug-likeness (QED) is 0.807. The second-order valence-corrected chi connectivity index (χ2v) is 5.91. The van der Waals surface area contributed by atoms with Crippen molar-refractivity contribution in [3.05, 3.63) is 12.4 Å². The van der Waals surface area contributed by atoms with Crippen molar-refractivity contribution in [2.45, 2.75) is 51.7 Å². The minimum Gasteiger partial charge on any atom is -0.462 e. The Hall–Kier alpha value is -1.56. The number of nitrogen functional groups attached to an aromatic ring is 1. The van der Waals surface area contributed by atoms with Gasteiger partial charge in [0.05, 0.1) is 17.9 Å². The lowest BCUT2D eigenvalue weighted by Gasteiger charge is -2.14. The number of nitrogens with zero attached hydrogens (tertiary/aromatic N) is 2. The van der Waals surface area contributed by atoms with Gasteiger partial charge in [-0.2, -0.15) is 5.10 Å². The summed E-state index contributed by atoms with van der Waals surface area (Å²) < 4.78 is 6.55. The number of carbonyl (C=O) groups excluding carboxylic acids is 1. The van der Waals surface area contributed by atoms with Gasteiger partial charge in [-0.3, -0.25) is 9.48 Å². The van der Waals surface area contributed by atoms with Crippen LogP contribution in [0.4, 0.5) is 5.69 Å². The normalized spacial score (nSPS) is 19.4. The molecule has 114 valence electrons. The van der Waals surface area contributed by atoms with Gasteiger partial charge in [-0.1, -0.05) is 0 Å². The van der Waals surface area contributed by atoms with Gasteiger partial charge >= 0.3 is 0 Å². The minimum absolute atomic E-state index is 0.318. The van der Waals surface area contributed by atoms with Crippen LogP contribution >= 0.6 is 0 Å². The van der Waals surface area contributed by atoms with Crippen LogP contribution in [0.25, 0.3) is 0 Å². The number of rotatable bonds is 2. The molecular formula is C14H26N4O2. The molecule has 20 heavy (non-hydrogen) atoms. The van der Waals surface area contributed by atoms with Crippen LogP contribution in [0.15, 0.2) is 12.4 Å². The molecule has 2 rings (SSSR count).